The van der Waals surface area contributed by atoms with E-state index in [0.717, 1.165) is 66.8 Å². The molecule has 0 saturated heterocycles. The molecule has 0 amide bonds. The number of benzene rings is 6. The molecular formula is C49H43N3O. The predicted octanol–water partition coefficient (Wildman–Crippen LogP) is 12.7. The van der Waals surface area contributed by atoms with Crippen LogP contribution in [-0.4, -0.2) is 19.6 Å². The first-order chi connectivity index (χ1) is 27.6. The number of phenols is 1. The Balaban J connectivity index is 1.36. The van der Waals surface area contributed by atoms with Gasteiger partial charge in [-0.25, -0.2) is 4.98 Å². The van der Waals surface area contributed by atoms with Gasteiger partial charge in [0.2, 0.25) is 0 Å². The van der Waals surface area contributed by atoms with Crippen molar-refractivity contribution in [3.63, 3.8) is 0 Å². The van der Waals surface area contributed by atoms with Crippen molar-refractivity contribution >= 4 is 11.0 Å². The molecule has 0 bridgehead atoms. The number of nitrogens with zero attached hydrogens (tertiary/aromatic N) is 3. The summed E-state index contributed by atoms with van der Waals surface area (Å²) in [6.45, 7) is 12.5. The number of para-hydroxylation sites is 1. The second-order valence-corrected chi connectivity index (χ2v) is 14.8. The summed E-state index contributed by atoms with van der Waals surface area (Å²) >= 11 is 0. The van der Waals surface area contributed by atoms with Crippen molar-refractivity contribution in [3.05, 3.63) is 168 Å². The van der Waals surface area contributed by atoms with Crippen LogP contribution in [0, 0.1) is 20.8 Å². The van der Waals surface area contributed by atoms with E-state index >= 15 is 0 Å². The third-order valence-corrected chi connectivity index (χ3v) is 9.88. The van der Waals surface area contributed by atoms with Crippen molar-refractivity contribution in [2.24, 2.45) is 0 Å². The fourth-order valence-corrected chi connectivity index (χ4v) is 7.14. The van der Waals surface area contributed by atoms with Gasteiger partial charge in [0.15, 0.2) is 0 Å². The summed E-state index contributed by atoms with van der Waals surface area (Å²) in [6.07, 6.45) is 1.62. The van der Waals surface area contributed by atoms with Gasteiger partial charge in [-0.15, -0.1) is 0 Å². The molecule has 53 heavy (non-hydrogen) atoms. The molecule has 0 spiro atoms. The van der Waals surface area contributed by atoms with Gasteiger partial charge in [0.05, 0.1) is 29.1 Å². The average Bonchev–Trinajstić information content (AvgIpc) is 3.60. The van der Waals surface area contributed by atoms with Crippen LogP contribution in [0.15, 0.2) is 146 Å². The first-order valence-corrected chi connectivity index (χ1v) is 17.8. The lowest BCUT2D eigenvalue weighted by atomic mass is 9.83. The maximum absolute atomic E-state index is 11.6. The number of aromatic hydroxyl groups is 1. The van der Waals surface area contributed by atoms with E-state index in [0.29, 0.717) is 22.6 Å². The zero-order valence-corrected chi connectivity index (χ0v) is 30.8. The molecule has 1 N–H and O–H groups in total. The molecule has 0 atom stereocenters. The van der Waals surface area contributed by atoms with Gasteiger partial charge in [0.1, 0.15) is 11.6 Å². The summed E-state index contributed by atoms with van der Waals surface area (Å²) in [5, 5.41) is 11.6. The molecule has 6 aromatic carbocycles. The number of hydrogen-bond acceptors (Lipinski definition) is 3. The van der Waals surface area contributed by atoms with Crippen LogP contribution in [0.25, 0.3) is 72.7 Å². The average molecular weight is 695 g/mol. The van der Waals surface area contributed by atoms with Gasteiger partial charge in [0, 0.05) is 23.0 Å². The number of rotatable bonds is 6. The van der Waals surface area contributed by atoms with Crippen molar-refractivity contribution in [1.82, 2.24) is 14.5 Å². The third-order valence-electron chi connectivity index (χ3n) is 9.88. The van der Waals surface area contributed by atoms with Gasteiger partial charge >= 0.3 is 0 Å². The molecule has 4 nitrogen and oxygen atoms in total. The molecule has 2 aromatic heterocycles. The zero-order valence-electron chi connectivity index (χ0n) is 35.8. The minimum atomic E-state index is -0.428. The van der Waals surface area contributed by atoms with Gasteiger partial charge in [-0.2, -0.15) is 0 Å². The molecule has 0 aliphatic rings. The lowest BCUT2D eigenvalue weighted by Gasteiger charge is -2.22. The Morgan fingerprint density at radius 3 is 2.15 bits per heavy atom. The van der Waals surface area contributed by atoms with Crippen LogP contribution < -0.4 is 0 Å². The van der Waals surface area contributed by atoms with Gasteiger partial charge in [0.25, 0.3) is 0 Å². The Hall–Kier alpha value is -6.26. The summed E-state index contributed by atoms with van der Waals surface area (Å²) in [5.74, 6) is 0.808. The molecule has 260 valence electrons. The van der Waals surface area contributed by atoms with E-state index in [-0.39, 0.29) is 40.9 Å². The van der Waals surface area contributed by atoms with Gasteiger partial charge in [-0.1, -0.05) is 112 Å². The maximum atomic E-state index is 11.6. The Labute approximate surface area is 319 Å². The Kier molecular flexibility index (Phi) is 7.15. The largest absolute Gasteiger partial charge is 0.507 e. The van der Waals surface area contributed by atoms with Crippen molar-refractivity contribution < 1.29 is 12.0 Å². The second kappa shape index (κ2) is 13.4. The molecule has 2 heterocycles. The van der Waals surface area contributed by atoms with Crippen LogP contribution >= 0.6 is 0 Å². The molecule has 8 aromatic rings. The molecule has 0 unspecified atom stereocenters. The molecular weight excluding hydrogens is 647 g/mol. The topological polar surface area (TPSA) is 50.9 Å². The predicted molar refractivity (Wildman–Crippen MR) is 221 cm³/mol. The summed E-state index contributed by atoms with van der Waals surface area (Å²) in [5.41, 5.74) is 13.0. The monoisotopic (exact) mass is 694 g/mol. The Morgan fingerprint density at radius 1 is 0.623 bits per heavy atom. The number of pyridine rings is 1. The molecule has 0 saturated carbocycles. The maximum Gasteiger partial charge on any atom is 0.149 e. The van der Waals surface area contributed by atoms with Crippen LogP contribution in [-0.2, 0) is 5.41 Å². The van der Waals surface area contributed by atoms with Crippen molar-refractivity contribution in [2.45, 2.75) is 47.0 Å². The number of imidazole rings is 1. The van der Waals surface area contributed by atoms with E-state index in [1.54, 1.807) is 18.3 Å². The first kappa shape index (κ1) is 28.3. The van der Waals surface area contributed by atoms with Crippen molar-refractivity contribution in [1.29, 1.82) is 0 Å². The molecule has 0 aliphatic heterocycles. The van der Waals surface area contributed by atoms with Crippen molar-refractivity contribution in [3.8, 4) is 67.5 Å². The number of phenolic OH excluding ortho intramolecular Hbond substituents is 1. The van der Waals surface area contributed by atoms with E-state index in [9.17, 15) is 5.11 Å². The lowest BCUT2D eigenvalue weighted by molar-refractivity contribution is 0.472. The quantitative estimate of drug-likeness (QED) is 0.188. The summed E-state index contributed by atoms with van der Waals surface area (Å²) < 4.78 is 44.0. The fourth-order valence-electron chi connectivity index (χ4n) is 7.14. The highest BCUT2D eigenvalue weighted by molar-refractivity contribution is 5.97. The van der Waals surface area contributed by atoms with Crippen LogP contribution in [0.2, 0.25) is 0 Å². The Bertz CT molecular complexity index is 2900. The number of aromatic nitrogens is 3. The minimum absolute atomic E-state index is 0.131. The molecule has 0 radical (unpaired) electrons. The number of aryl methyl sites for hydroxylation is 3. The highest BCUT2D eigenvalue weighted by Crippen LogP contribution is 2.41. The number of hydrogen-bond donors (Lipinski definition) is 1. The third kappa shape index (κ3) is 6.42. The van der Waals surface area contributed by atoms with Crippen LogP contribution in [0.5, 0.6) is 5.75 Å². The summed E-state index contributed by atoms with van der Waals surface area (Å²) in [4.78, 5) is 10.1. The van der Waals surface area contributed by atoms with E-state index in [2.05, 4.69) is 92.9 Å². The van der Waals surface area contributed by atoms with Gasteiger partial charge in [-0.3, -0.25) is 9.55 Å². The molecule has 0 fully saturated rings. The highest BCUT2D eigenvalue weighted by Gasteiger charge is 2.23. The van der Waals surface area contributed by atoms with E-state index < -0.39 is 6.04 Å². The smallest absolute Gasteiger partial charge is 0.149 e. The highest BCUT2D eigenvalue weighted by atomic mass is 16.3. The van der Waals surface area contributed by atoms with E-state index in [4.69, 9.17) is 16.8 Å². The van der Waals surface area contributed by atoms with Gasteiger partial charge < -0.3 is 5.11 Å². The van der Waals surface area contributed by atoms with Crippen LogP contribution in [0.1, 0.15) is 49.9 Å². The molecule has 8 rings (SSSR count). The normalized spacial score (nSPS) is 13.0. The van der Waals surface area contributed by atoms with Crippen LogP contribution in [0.4, 0.5) is 0 Å². The number of fused-ring (bicyclic) bond motifs is 1. The molecule has 0 aliphatic carbocycles. The SMILES string of the molecule is [2H]c1c([2H])c([2H])c(-c2ccnc(-c3cc(-c4cccc5c4nc(-c4cc(C)cc(C)c4O)n5-c4ccc(-c5ccccc5)c(C)c4)cc(C(C)(C)C)c3)c2)c([2H])c1[2H]. The lowest BCUT2D eigenvalue weighted by Crippen LogP contribution is -2.11. The second-order valence-electron chi connectivity index (χ2n) is 14.8. The fraction of sp³-hybridized carbons (Fsp3) is 0.143. The summed E-state index contributed by atoms with van der Waals surface area (Å²) in [6, 6.07) is 35.0. The molecule has 4 heteroatoms. The minimum Gasteiger partial charge on any atom is -0.507 e. The van der Waals surface area contributed by atoms with Crippen molar-refractivity contribution in [2.75, 3.05) is 0 Å². The standard InChI is InChI=1S/C49H43N3O/c1-31-24-33(3)47(53)43(25-31)48-51-46-42(18-13-19-45(46)52(48)40-20-21-41(32(2)26-40)35-16-11-8-12-17-35)37-27-38(29-39(28-37)49(4,5)6)44-30-36(22-23-50-44)34-14-9-7-10-15-34/h7-30,53H,1-6H3/i7D,9D,10D,14D,15D. The zero-order chi connectivity index (χ0) is 41.2. The van der Waals surface area contributed by atoms with Crippen LogP contribution in [0.3, 0.4) is 0 Å². The Morgan fingerprint density at radius 2 is 1.40 bits per heavy atom. The summed E-state index contributed by atoms with van der Waals surface area (Å²) in [7, 11) is 0. The van der Waals surface area contributed by atoms with Gasteiger partial charge in [-0.05, 0) is 125 Å². The van der Waals surface area contributed by atoms with E-state index in [1.807, 2.05) is 50.2 Å². The van der Waals surface area contributed by atoms with E-state index in [1.165, 1.54) is 0 Å². The first-order valence-electron chi connectivity index (χ1n) is 20.3.